The van der Waals surface area contributed by atoms with E-state index in [0.717, 1.165) is 49.4 Å². The van der Waals surface area contributed by atoms with Crippen molar-refractivity contribution in [2.45, 2.75) is 52.1 Å². The standard InChI is InChI=1S/C17H24ClN5O/c1-12-16(17(18)21(3)20-12)14-6-4-10-23(14)15(24)7-5-9-22-11-8-19-13(22)2/h8,11,14H,4-7,9-10H2,1-3H3/t14-/m0/s1. The van der Waals surface area contributed by atoms with Gasteiger partial charge in [-0.1, -0.05) is 11.6 Å². The molecule has 1 atom stereocenters. The second-order valence-corrected chi connectivity index (χ2v) is 6.79. The molecule has 0 spiro atoms. The van der Waals surface area contributed by atoms with Crippen LogP contribution in [0.1, 0.15) is 48.8 Å². The lowest BCUT2D eigenvalue weighted by Gasteiger charge is -2.25. The highest BCUT2D eigenvalue weighted by Gasteiger charge is 2.33. The van der Waals surface area contributed by atoms with Crippen LogP contribution in [0.3, 0.4) is 0 Å². The number of nitrogens with zero attached hydrogens (tertiary/aromatic N) is 5. The Kier molecular flexibility index (Phi) is 4.94. The van der Waals surface area contributed by atoms with E-state index in [4.69, 9.17) is 11.6 Å². The summed E-state index contributed by atoms with van der Waals surface area (Å²) in [6.07, 6.45) is 7.09. The molecule has 6 nitrogen and oxygen atoms in total. The molecule has 0 bridgehead atoms. The second-order valence-electron chi connectivity index (χ2n) is 6.43. The summed E-state index contributed by atoms with van der Waals surface area (Å²) in [5.41, 5.74) is 1.93. The Labute approximate surface area is 147 Å². The first kappa shape index (κ1) is 17.0. The Morgan fingerprint density at radius 2 is 2.21 bits per heavy atom. The average molecular weight is 350 g/mol. The van der Waals surface area contributed by atoms with Crippen molar-refractivity contribution < 1.29 is 4.79 Å². The highest BCUT2D eigenvalue weighted by atomic mass is 35.5. The van der Waals surface area contributed by atoms with Gasteiger partial charge in [-0.15, -0.1) is 0 Å². The third kappa shape index (κ3) is 3.20. The van der Waals surface area contributed by atoms with Gasteiger partial charge in [0.25, 0.3) is 0 Å². The molecule has 1 fully saturated rings. The van der Waals surface area contributed by atoms with Gasteiger partial charge in [-0.25, -0.2) is 4.98 Å². The smallest absolute Gasteiger partial charge is 0.223 e. The molecule has 0 radical (unpaired) electrons. The Morgan fingerprint density at radius 3 is 2.83 bits per heavy atom. The van der Waals surface area contributed by atoms with E-state index in [-0.39, 0.29) is 11.9 Å². The third-order valence-corrected chi connectivity index (χ3v) is 5.26. The van der Waals surface area contributed by atoms with Crippen LogP contribution in [0.25, 0.3) is 0 Å². The highest BCUT2D eigenvalue weighted by Crippen LogP contribution is 2.37. The molecule has 24 heavy (non-hydrogen) atoms. The monoisotopic (exact) mass is 349 g/mol. The predicted molar refractivity (Wildman–Crippen MR) is 92.8 cm³/mol. The van der Waals surface area contributed by atoms with E-state index < -0.39 is 0 Å². The average Bonchev–Trinajstić information content (AvgIpc) is 3.22. The molecular formula is C17H24ClN5O. The summed E-state index contributed by atoms with van der Waals surface area (Å²) >= 11 is 6.41. The van der Waals surface area contributed by atoms with Gasteiger partial charge in [0.05, 0.1) is 11.7 Å². The van der Waals surface area contributed by atoms with Crippen LogP contribution in [-0.2, 0) is 18.4 Å². The molecule has 3 heterocycles. The van der Waals surface area contributed by atoms with Crippen LogP contribution in [0.5, 0.6) is 0 Å². The minimum atomic E-state index is 0.0636. The number of likely N-dealkylation sites (tertiary alicyclic amines) is 1. The SMILES string of the molecule is Cc1nn(C)c(Cl)c1[C@@H]1CCCN1C(=O)CCCn1ccnc1C. The van der Waals surface area contributed by atoms with Crippen molar-refractivity contribution in [2.75, 3.05) is 6.54 Å². The Morgan fingerprint density at radius 1 is 1.42 bits per heavy atom. The molecule has 2 aromatic heterocycles. The lowest BCUT2D eigenvalue weighted by atomic mass is 10.1. The first-order chi connectivity index (χ1) is 11.5. The van der Waals surface area contributed by atoms with Crippen molar-refractivity contribution in [3.63, 3.8) is 0 Å². The number of aromatic nitrogens is 4. The van der Waals surface area contributed by atoms with Crippen LogP contribution in [0, 0.1) is 13.8 Å². The first-order valence-electron chi connectivity index (χ1n) is 8.45. The van der Waals surface area contributed by atoms with E-state index in [0.29, 0.717) is 11.6 Å². The van der Waals surface area contributed by atoms with E-state index >= 15 is 0 Å². The minimum Gasteiger partial charge on any atom is -0.335 e. The van der Waals surface area contributed by atoms with Crippen molar-refractivity contribution in [3.05, 3.63) is 34.6 Å². The molecule has 0 aromatic carbocycles. The van der Waals surface area contributed by atoms with Crippen molar-refractivity contribution in [3.8, 4) is 0 Å². The van der Waals surface area contributed by atoms with Gasteiger partial charge < -0.3 is 9.47 Å². The molecule has 0 N–H and O–H groups in total. The van der Waals surface area contributed by atoms with Crippen LogP contribution >= 0.6 is 11.6 Å². The maximum atomic E-state index is 12.7. The molecule has 0 saturated carbocycles. The molecule has 1 saturated heterocycles. The van der Waals surface area contributed by atoms with Crippen LogP contribution < -0.4 is 0 Å². The fourth-order valence-electron chi connectivity index (χ4n) is 3.57. The van der Waals surface area contributed by atoms with Crippen LogP contribution in [0.4, 0.5) is 0 Å². The number of carbonyl (C=O) groups excluding carboxylic acids is 1. The van der Waals surface area contributed by atoms with Gasteiger partial charge in [0.1, 0.15) is 11.0 Å². The van der Waals surface area contributed by atoms with Crippen molar-refractivity contribution in [1.29, 1.82) is 0 Å². The van der Waals surface area contributed by atoms with Gasteiger partial charge in [-0.2, -0.15) is 5.10 Å². The largest absolute Gasteiger partial charge is 0.335 e. The van der Waals surface area contributed by atoms with E-state index in [2.05, 4.69) is 14.6 Å². The lowest BCUT2D eigenvalue weighted by Crippen LogP contribution is -2.30. The zero-order valence-corrected chi connectivity index (χ0v) is 15.3. The Balaban J connectivity index is 1.64. The quantitative estimate of drug-likeness (QED) is 0.833. The Hall–Kier alpha value is -1.82. The number of rotatable bonds is 5. The van der Waals surface area contributed by atoms with Gasteiger partial charge in [0.15, 0.2) is 0 Å². The van der Waals surface area contributed by atoms with Gasteiger partial charge in [-0.05, 0) is 33.1 Å². The molecular weight excluding hydrogens is 326 g/mol. The molecule has 0 aliphatic carbocycles. The molecule has 1 amide bonds. The van der Waals surface area contributed by atoms with E-state index in [1.165, 1.54) is 0 Å². The number of halogens is 1. The zero-order chi connectivity index (χ0) is 17.3. The lowest BCUT2D eigenvalue weighted by molar-refractivity contribution is -0.132. The van der Waals surface area contributed by atoms with Gasteiger partial charge in [0.2, 0.25) is 5.91 Å². The maximum Gasteiger partial charge on any atom is 0.223 e. The van der Waals surface area contributed by atoms with Gasteiger partial charge in [0, 0.05) is 44.5 Å². The highest BCUT2D eigenvalue weighted by molar-refractivity contribution is 6.30. The summed E-state index contributed by atoms with van der Waals surface area (Å²) < 4.78 is 3.77. The molecule has 7 heteroatoms. The minimum absolute atomic E-state index is 0.0636. The summed E-state index contributed by atoms with van der Waals surface area (Å²) in [4.78, 5) is 18.9. The first-order valence-corrected chi connectivity index (χ1v) is 8.83. The van der Waals surface area contributed by atoms with Crippen molar-refractivity contribution >= 4 is 17.5 Å². The summed E-state index contributed by atoms with van der Waals surface area (Å²) in [6.45, 7) is 5.57. The topological polar surface area (TPSA) is 56.0 Å². The fraction of sp³-hybridized carbons (Fsp3) is 0.588. The Bertz CT molecular complexity index is 735. The van der Waals surface area contributed by atoms with Crippen LogP contribution in [-0.4, -0.2) is 36.7 Å². The molecule has 130 valence electrons. The predicted octanol–water partition coefficient (Wildman–Crippen LogP) is 3.03. The summed E-state index contributed by atoms with van der Waals surface area (Å²) in [5, 5.41) is 5.04. The van der Waals surface area contributed by atoms with Crippen LogP contribution in [0.15, 0.2) is 12.4 Å². The summed E-state index contributed by atoms with van der Waals surface area (Å²) in [6, 6.07) is 0.0636. The normalized spacial score (nSPS) is 17.7. The number of hydrogen-bond donors (Lipinski definition) is 0. The van der Waals surface area contributed by atoms with E-state index in [1.807, 2.05) is 32.0 Å². The number of aryl methyl sites for hydroxylation is 4. The number of carbonyl (C=O) groups is 1. The van der Waals surface area contributed by atoms with Crippen molar-refractivity contribution in [2.24, 2.45) is 7.05 Å². The van der Waals surface area contributed by atoms with Crippen LogP contribution in [0.2, 0.25) is 5.15 Å². The maximum absolute atomic E-state index is 12.7. The number of hydrogen-bond acceptors (Lipinski definition) is 3. The molecule has 2 aromatic rings. The molecule has 0 unspecified atom stereocenters. The molecule has 3 rings (SSSR count). The number of imidazole rings is 1. The number of amides is 1. The second kappa shape index (κ2) is 6.97. The zero-order valence-electron chi connectivity index (χ0n) is 14.5. The van der Waals surface area contributed by atoms with E-state index in [9.17, 15) is 4.79 Å². The van der Waals surface area contributed by atoms with Crippen molar-refractivity contribution in [1.82, 2.24) is 24.2 Å². The van der Waals surface area contributed by atoms with Gasteiger partial charge >= 0.3 is 0 Å². The summed E-state index contributed by atoms with van der Waals surface area (Å²) in [5.74, 6) is 1.19. The fourth-order valence-corrected chi connectivity index (χ4v) is 3.88. The molecule has 1 aliphatic heterocycles. The third-order valence-electron chi connectivity index (χ3n) is 4.82. The van der Waals surface area contributed by atoms with E-state index in [1.54, 1.807) is 10.9 Å². The summed E-state index contributed by atoms with van der Waals surface area (Å²) in [7, 11) is 1.84. The van der Waals surface area contributed by atoms with Gasteiger partial charge in [-0.3, -0.25) is 9.48 Å². The molecule has 1 aliphatic rings.